The van der Waals surface area contributed by atoms with Crippen LogP contribution in [0.5, 0.6) is 0 Å². The Balaban J connectivity index is 1.83. The molecule has 0 radical (unpaired) electrons. The SMILES string of the molecule is Cc1nnc(SC2CC(=O)N(c3ccc(C)c(C)c3)C2=O)s1. The number of imide groups is 1. The Morgan fingerprint density at radius 3 is 2.59 bits per heavy atom. The van der Waals surface area contributed by atoms with Gasteiger partial charge in [0.25, 0.3) is 0 Å². The summed E-state index contributed by atoms with van der Waals surface area (Å²) in [5.41, 5.74) is 2.85. The van der Waals surface area contributed by atoms with Crippen molar-refractivity contribution >= 4 is 40.6 Å². The van der Waals surface area contributed by atoms with Gasteiger partial charge in [0.15, 0.2) is 4.34 Å². The van der Waals surface area contributed by atoms with Crippen LogP contribution >= 0.6 is 23.1 Å². The molecule has 0 aliphatic carbocycles. The molecule has 1 unspecified atom stereocenters. The van der Waals surface area contributed by atoms with Crippen LogP contribution < -0.4 is 4.90 Å². The highest BCUT2D eigenvalue weighted by Crippen LogP contribution is 2.35. The number of hydrogen-bond donors (Lipinski definition) is 0. The zero-order valence-corrected chi connectivity index (χ0v) is 14.1. The van der Waals surface area contributed by atoms with Gasteiger partial charge < -0.3 is 0 Å². The molecular formula is C15H15N3O2S2. The van der Waals surface area contributed by atoms with Gasteiger partial charge in [-0.25, -0.2) is 4.90 Å². The van der Waals surface area contributed by atoms with Crippen LogP contribution in [0.1, 0.15) is 22.6 Å². The first-order chi connectivity index (χ1) is 10.5. The van der Waals surface area contributed by atoms with Crippen molar-refractivity contribution in [1.29, 1.82) is 0 Å². The molecule has 3 rings (SSSR count). The molecule has 0 N–H and O–H groups in total. The molecule has 0 saturated carbocycles. The number of anilines is 1. The lowest BCUT2D eigenvalue weighted by Gasteiger charge is -2.16. The van der Waals surface area contributed by atoms with Crippen LogP contribution in [0.25, 0.3) is 0 Å². The van der Waals surface area contributed by atoms with Gasteiger partial charge in [-0.2, -0.15) is 0 Å². The van der Waals surface area contributed by atoms with Crippen molar-refractivity contribution < 1.29 is 9.59 Å². The number of carbonyl (C=O) groups is 2. The van der Waals surface area contributed by atoms with E-state index in [2.05, 4.69) is 10.2 Å². The second-order valence-electron chi connectivity index (χ2n) is 5.23. The average Bonchev–Trinajstić information content (AvgIpc) is 2.98. The number of aromatic nitrogens is 2. The zero-order valence-electron chi connectivity index (χ0n) is 12.5. The van der Waals surface area contributed by atoms with Gasteiger partial charge in [-0.05, 0) is 44.0 Å². The van der Waals surface area contributed by atoms with Gasteiger partial charge in [-0.3, -0.25) is 9.59 Å². The van der Waals surface area contributed by atoms with Gasteiger partial charge in [0.1, 0.15) is 10.3 Å². The third-order valence-electron chi connectivity index (χ3n) is 3.60. The summed E-state index contributed by atoms with van der Waals surface area (Å²) in [6.45, 7) is 5.84. The number of benzene rings is 1. The van der Waals surface area contributed by atoms with Crippen LogP contribution in [0.2, 0.25) is 0 Å². The van der Waals surface area contributed by atoms with Crippen LogP contribution in [0, 0.1) is 20.8 Å². The van der Waals surface area contributed by atoms with E-state index in [1.165, 1.54) is 28.0 Å². The first-order valence-electron chi connectivity index (χ1n) is 6.86. The molecule has 1 aromatic heterocycles. The van der Waals surface area contributed by atoms with Crippen molar-refractivity contribution in [2.24, 2.45) is 0 Å². The molecule has 0 bridgehead atoms. The molecule has 1 aliphatic rings. The van der Waals surface area contributed by atoms with E-state index < -0.39 is 5.25 Å². The van der Waals surface area contributed by atoms with Crippen LogP contribution in [-0.4, -0.2) is 27.3 Å². The molecule has 1 aromatic carbocycles. The lowest BCUT2D eigenvalue weighted by molar-refractivity contribution is -0.121. The number of thioether (sulfide) groups is 1. The lowest BCUT2D eigenvalue weighted by atomic mass is 10.1. The maximum absolute atomic E-state index is 12.6. The number of nitrogens with zero attached hydrogens (tertiary/aromatic N) is 3. The van der Waals surface area contributed by atoms with E-state index in [1.54, 1.807) is 0 Å². The van der Waals surface area contributed by atoms with E-state index >= 15 is 0 Å². The fraction of sp³-hybridized carbons (Fsp3) is 0.333. The molecule has 1 atom stereocenters. The summed E-state index contributed by atoms with van der Waals surface area (Å²) in [7, 11) is 0. The van der Waals surface area contributed by atoms with Crippen molar-refractivity contribution in [2.75, 3.05) is 4.90 Å². The zero-order chi connectivity index (χ0) is 15.9. The summed E-state index contributed by atoms with van der Waals surface area (Å²) in [4.78, 5) is 26.1. The minimum Gasteiger partial charge on any atom is -0.274 e. The maximum atomic E-state index is 12.6. The van der Waals surface area contributed by atoms with Crippen LogP contribution in [0.4, 0.5) is 5.69 Å². The van der Waals surface area contributed by atoms with E-state index in [1.807, 2.05) is 39.0 Å². The third kappa shape index (κ3) is 2.78. The molecule has 1 saturated heterocycles. The van der Waals surface area contributed by atoms with E-state index in [4.69, 9.17) is 0 Å². The molecule has 2 heterocycles. The topological polar surface area (TPSA) is 63.2 Å². The molecule has 7 heteroatoms. The predicted molar refractivity (Wildman–Crippen MR) is 87.3 cm³/mol. The summed E-state index contributed by atoms with van der Waals surface area (Å²) in [5.74, 6) is -0.335. The van der Waals surface area contributed by atoms with Crippen LogP contribution in [0.3, 0.4) is 0 Å². The van der Waals surface area contributed by atoms with E-state index in [-0.39, 0.29) is 18.2 Å². The molecule has 0 spiro atoms. The summed E-state index contributed by atoms with van der Waals surface area (Å²) in [5, 5.41) is 8.39. The van der Waals surface area contributed by atoms with Gasteiger partial charge in [0, 0.05) is 6.42 Å². The van der Waals surface area contributed by atoms with Gasteiger partial charge in [0.2, 0.25) is 11.8 Å². The second kappa shape index (κ2) is 5.81. The van der Waals surface area contributed by atoms with Crippen LogP contribution in [-0.2, 0) is 9.59 Å². The highest BCUT2D eigenvalue weighted by molar-refractivity contribution is 8.02. The molecular weight excluding hydrogens is 318 g/mol. The molecule has 2 aromatic rings. The number of rotatable bonds is 3. The number of carbonyl (C=O) groups excluding carboxylic acids is 2. The van der Waals surface area contributed by atoms with Gasteiger partial charge >= 0.3 is 0 Å². The number of aryl methyl sites for hydroxylation is 3. The van der Waals surface area contributed by atoms with E-state index in [0.29, 0.717) is 5.69 Å². The second-order valence-corrected chi connectivity index (χ2v) is 7.87. The fourth-order valence-corrected chi connectivity index (χ4v) is 4.36. The minimum absolute atomic E-state index is 0.160. The van der Waals surface area contributed by atoms with Gasteiger partial charge in [-0.15, -0.1) is 10.2 Å². The standard InChI is InChI=1S/C15H15N3O2S2/c1-8-4-5-11(6-9(8)2)18-13(19)7-12(14(18)20)22-15-17-16-10(3)21-15/h4-6,12H,7H2,1-3H3. The Hall–Kier alpha value is -1.73. The quantitative estimate of drug-likeness (QED) is 0.808. The number of hydrogen-bond acceptors (Lipinski definition) is 6. The van der Waals surface area contributed by atoms with Crippen molar-refractivity contribution in [2.45, 2.75) is 36.8 Å². The smallest absolute Gasteiger partial charge is 0.247 e. The first kappa shape index (κ1) is 15.2. The Labute approximate surface area is 136 Å². The maximum Gasteiger partial charge on any atom is 0.247 e. The average molecular weight is 333 g/mol. The summed E-state index contributed by atoms with van der Waals surface area (Å²) < 4.78 is 0.727. The lowest BCUT2D eigenvalue weighted by Crippen LogP contribution is -2.31. The highest BCUT2D eigenvalue weighted by atomic mass is 32.2. The van der Waals surface area contributed by atoms with Crippen LogP contribution in [0.15, 0.2) is 22.5 Å². The highest BCUT2D eigenvalue weighted by Gasteiger charge is 2.40. The molecule has 1 aliphatic heterocycles. The Morgan fingerprint density at radius 1 is 1.18 bits per heavy atom. The largest absolute Gasteiger partial charge is 0.274 e. The summed E-state index contributed by atoms with van der Waals surface area (Å²) in [6.07, 6.45) is 0.203. The Morgan fingerprint density at radius 2 is 1.95 bits per heavy atom. The summed E-state index contributed by atoms with van der Waals surface area (Å²) in [6, 6.07) is 5.63. The van der Waals surface area contributed by atoms with Crippen molar-refractivity contribution in [3.05, 3.63) is 34.3 Å². The van der Waals surface area contributed by atoms with Gasteiger partial charge in [-0.1, -0.05) is 29.2 Å². The minimum atomic E-state index is -0.415. The van der Waals surface area contributed by atoms with Crippen molar-refractivity contribution in [3.8, 4) is 0 Å². The molecule has 2 amide bonds. The van der Waals surface area contributed by atoms with Crippen molar-refractivity contribution in [1.82, 2.24) is 10.2 Å². The Kier molecular flexibility index (Phi) is 4.01. The third-order valence-corrected chi connectivity index (χ3v) is 5.71. The van der Waals surface area contributed by atoms with E-state index in [9.17, 15) is 9.59 Å². The molecule has 1 fully saturated rings. The number of amides is 2. The predicted octanol–water partition coefficient (Wildman–Crippen LogP) is 2.89. The fourth-order valence-electron chi connectivity index (χ4n) is 2.28. The molecule has 22 heavy (non-hydrogen) atoms. The first-order valence-corrected chi connectivity index (χ1v) is 8.56. The van der Waals surface area contributed by atoms with Crippen molar-refractivity contribution in [3.63, 3.8) is 0 Å². The molecule has 114 valence electrons. The summed E-state index contributed by atoms with van der Waals surface area (Å²) >= 11 is 2.76. The monoisotopic (exact) mass is 333 g/mol. The normalized spacial score (nSPS) is 18.3. The Bertz CT molecular complexity index is 757. The molecule has 5 nitrogen and oxygen atoms in total. The van der Waals surface area contributed by atoms with E-state index in [0.717, 1.165) is 20.5 Å². The van der Waals surface area contributed by atoms with Gasteiger partial charge in [0.05, 0.1) is 5.69 Å².